The van der Waals surface area contributed by atoms with Gasteiger partial charge in [-0.25, -0.2) is 0 Å². The monoisotopic (exact) mass is 147 g/mol. The van der Waals surface area contributed by atoms with Gasteiger partial charge in [-0.15, -0.1) is 0 Å². The lowest BCUT2D eigenvalue weighted by Crippen LogP contribution is -2.21. The third-order valence-electron chi connectivity index (χ3n) is 1.20. The highest BCUT2D eigenvalue weighted by Gasteiger charge is 1.96. The van der Waals surface area contributed by atoms with Gasteiger partial charge in [-0.2, -0.15) is 11.8 Å². The van der Waals surface area contributed by atoms with Crippen molar-refractivity contribution in [2.24, 2.45) is 5.73 Å². The molecule has 0 fully saturated rings. The molecule has 0 radical (unpaired) electrons. The molecule has 0 rings (SSSR count). The van der Waals surface area contributed by atoms with Crippen molar-refractivity contribution in [1.82, 2.24) is 0 Å². The van der Waals surface area contributed by atoms with E-state index in [4.69, 9.17) is 5.73 Å². The Kier molecular flexibility index (Phi) is 6.65. The van der Waals surface area contributed by atoms with Crippen LogP contribution in [0, 0.1) is 0 Å². The first kappa shape index (κ1) is 9.31. The predicted octanol–water partition coefficient (Wildman–Crippen LogP) is 1.87. The minimum atomic E-state index is 0.418. The van der Waals surface area contributed by atoms with Gasteiger partial charge >= 0.3 is 0 Å². The van der Waals surface area contributed by atoms with Crippen molar-refractivity contribution in [3.8, 4) is 0 Å². The molecule has 2 N–H and O–H groups in total. The zero-order valence-corrected chi connectivity index (χ0v) is 7.21. The van der Waals surface area contributed by atoms with Crippen molar-refractivity contribution in [3.05, 3.63) is 0 Å². The molecule has 56 valence electrons. The largest absolute Gasteiger partial charge is 0.327 e. The van der Waals surface area contributed by atoms with Crippen molar-refractivity contribution in [1.29, 1.82) is 0 Å². The minimum Gasteiger partial charge on any atom is -0.327 e. The van der Waals surface area contributed by atoms with E-state index in [-0.39, 0.29) is 0 Å². The molecule has 0 aromatic carbocycles. The van der Waals surface area contributed by atoms with Gasteiger partial charge in [0.25, 0.3) is 0 Å². The first-order valence-corrected chi connectivity index (χ1v) is 4.80. The van der Waals surface area contributed by atoms with E-state index in [0.717, 1.165) is 12.2 Å². The molecule has 1 nitrogen and oxygen atoms in total. The van der Waals surface area contributed by atoms with Gasteiger partial charge in [-0.1, -0.05) is 13.8 Å². The van der Waals surface area contributed by atoms with Gasteiger partial charge in [-0.05, 0) is 18.6 Å². The number of thioether (sulfide) groups is 1. The third kappa shape index (κ3) is 6.19. The fraction of sp³-hybridized carbons (Fsp3) is 1.00. The second kappa shape index (κ2) is 6.43. The number of nitrogens with two attached hydrogens (primary N) is 1. The van der Waals surface area contributed by atoms with Crippen LogP contribution in [0.25, 0.3) is 0 Å². The molecule has 0 aliphatic rings. The summed E-state index contributed by atoms with van der Waals surface area (Å²) in [6, 6.07) is 0.418. The van der Waals surface area contributed by atoms with Gasteiger partial charge in [-0.3, -0.25) is 0 Å². The maximum Gasteiger partial charge on any atom is 0.0127 e. The van der Waals surface area contributed by atoms with E-state index in [1.165, 1.54) is 12.2 Å². The van der Waals surface area contributed by atoms with Crippen LogP contribution in [0.3, 0.4) is 0 Å². The normalized spacial score (nSPS) is 13.7. The molecule has 0 saturated carbocycles. The standard InChI is InChI=1S/C7H17NS/c1-3-5-9-6-7(8)4-2/h7H,3-6,8H2,1-2H3. The fourth-order valence-corrected chi connectivity index (χ4v) is 1.49. The molecule has 0 aromatic heterocycles. The van der Waals surface area contributed by atoms with E-state index in [2.05, 4.69) is 13.8 Å². The van der Waals surface area contributed by atoms with Crippen molar-refractivity contribution in [3.63, 3.8) is 0 Å². The number of hydrogen-bond donors (Lipinski definition) is 1. The van der Waals surface area contributed by atoms with Crippen LogP contribution in [0.4, 0.5) is 0 Å². The lowest BCUT2D eigenvalue weighted by Gasteiger charge is -2.05. The van der Waals surface area contributed by atoms with Gasteiger partial charge in [0.2, 0.25) is 0 Å². The Morgan fingerprint density at radius 3 is 2.56 bits per heavy atom. The third-order valence-corrected chi connectivity index (χ3v) is 2.57. The van der Waals surface area contributed by atoms with Crippen LogP contribution >= 0.6 is 11.8 Å². The molecule has 1 atom stereocenters. The first-order chi connectivity index (χ1) is 4.31. The molecule has 0 aliphatic heterocycles. The molecule has 9 heavy (non-hydrogen) atoms. The van der Waals surface area contributed by atoms with Crippen LogP contribution in [0.5, 0.6) is 0 Å². The van der Waals surface area contributed by atoms with E-state index in [1.54, 1.807) is 0 Å². The Morgan fingerprint density at radius 2 is 2.11 bits per heavy atom. The lowest BCUT2D eigenvalue weighted by molar-refractivity contribution is 0.724. The van der Waals surface area contributed by atoms with Gasteiger partial charge in [0.15, 0.2) is 0 Å². The maximum atomic E-state index is 5.69. The number of hydrogen-bond acceptors (Lipinski definition) is 2. The summed E-state index contributed by atoms with van der Waals surface area (Å²) < 4.78 is 0. The Morgan fingerprint density at radius 1 is 1.44 bits per heavy atom. The average Bonchev–Trinajstić information content (AvgIpc) is 1.89. The molecule has 0 amide bonds. The molecule has 0 saturated heterocycles. The second-order valence-corrected chi connectivity index (χ2v) is 3.39. The zero-order chi connectivity index (χ0) is 7.11. The van der Waals surface area contributed by atoms with E-state index < -0.39 is 0 Å². The van der Waals surface area contributed by atoms with Crippen molar-refractivity contribution in [2.75, 3.05) is 11.5 Å². The first-order valence-electron chi connectivity index (χ1n) is 3.64. The topological polar surface area (TPSA) is 26.0 Å². The van der Waals surface area contributed by atoms with Crippen molar-refractivity contribution < 1.29 is 0 Å². The van der Waals surface area contributed by atoms with Crippen LogP contribution < -0.4 is 5.73 Å². The van der Waals surface area contributed by atoms with Crippen molar-refractivity contribution in [2.45, 2.75) is 32.7 Å². The lowest BCUT2D eigenvalue weighted by atomic mass is 10.3. The molecular weight excluding hydrogens is 130 g/mol. The molecule has 1 unspecified atom stereocenters. The van der Waals surface area contributed by atoms with Crippen LogP contribution in [0.1, 0.15) is 26.7 Å². The summed E-state index contributed by atoms with van der Waals surface area (Å²) in [5.74, 6) is 2.39. The van der Waals surface area contributed by atoms with Crippen LogP contribution in [0.15, 0.2) is 0 Å². The summed E-state index contributed by atoms with van der Waals surface area (Å²) in [5, 5.41) is 0. The molecule has 0 aromatic rings. The van der Waals surface area contributed by atoms with Crippen LogP contribution in [-0.2, 0) is 0 Å². The SMILES string of the molecule is CCCSCC(N)CC. The zero-order valence-electron chi connectivity index (χ0n) is 6.39. The van der Waals surface area contributed by atoms with Crippen LogP contribution in [0.2, 0.25) is 0 Å². The average molecular weight is 147 g/mol. The van der Waals surface area contributed by atoms with E-state index in [9.17, 15) is 0 Å². The summed E-state index contributed by atoms with van der Waals surface area (Å²) in [6.45, 7) is 4.33. The maximum absolute atomic E-state index is 5.69. The molecule has 0 heterocycles. The van der Waals surface area contributed by atoms with E-state index in [0.29, 0.717) is 6.04 Å². The predicted molar refractivity (Wildman–Crippen MR) is 45.9 cm³/mol. The second-order valence-electron chi connectivity index (χ2n) is 2.24. The van der Waals surface area contributed by atoms with Gasteiger partial charge in [0.1, 0.15) is 0 Å². The van der Waals surface area contributed by atoms with E-state index >= 15 is 0 Å². The van der Waals surface area contributed by atoms with E-state index in [1.807, 2.05) is 11.8 Å². The van der Waals surface area contributed by atoms with Gasteiger partial charge < -0.3 is 5.73 Å². The highest BCUT2D eigenvalue weighted by molar-refractivity contribution is 7.99. The summed E-state index contributed by atoms with van der Waals surface area (Å²) in [4.78, 5) is 0. The van der Waals surface area contributed by atoms with Crippen molar-refractivity contribution >= 4 is 11.8 Å². The summed E-state index contributed by atoms with van der Waals surface area (Å²) >= 11 is 1.96. The summed E-state index contributed by atoms with van der Waals surface area (Å²) in [7, 11) is 0. The van der Waals surface area contributed by atoms with Crippen LogP contribution in [-0.4, -0.2) is 17.5 Å². The van der Waals surface area contributed by atoms with Gasteiger partial charge in [0, 0.05) is 11.8 Å². The molecule has 0 bridgehead atoms. The highest BCUT2D eigenvalue weighted by Crippen LogP contribution is 2.04. The minimum absolute atomic E-state index is 0.418. The summed E-state index contributed by atoms with van der Waals surface area (Å²) in [6.07, 6.45) is 2.37. The Hall–Kier alpha value is 0.310. The Balaban J connectivity index is 2.88. The highest BCUT2D eigenvalue weighted by atomic mass is 32.2. The molecule has 0 spiro atoms. The quantitative estimate of drug-likeness (QED) is 0.601. The summed E-state index contributed by atoms with van der Waals surface area (Å²) in [5.41, 5.74) is 5.69. The smallest absolute Gasteiger partial charge is 0.0127 e. The molecule has 2 heteroatoms. The Bertz CT molecular complexity index is 56.9. The Labute approximate surface area is 62.4 Å². The number of rotatable bonds is 5. The fourth-order valence-electron chi connectivity index (χ4n) is 0.497. The molecule has 0 aliphatic carbocycles. The molecular formula is C7H17NS. The van der Waals surface area contributed by atoms with Gasteiger partial charge in [0.05, 0.1) is 0 Å².